The molecule has 0 heterocycles. The molecule has 0 saturated carbocycles. The zero-order valence-corrected chi connectivity index (χ0v) is 19.9. The van der Waals surface area contributed by atoms with Crippen LogP contribution < -0.4 is 14.8 Å². The second-order valence-electron chi connectivity index (χ2n) is 6.98. The van der Waals surface area contributed by atoms with Crippen molar-refractivity contribution < 1.29 is 14.3 Å². The molecule has 2 atom stereocenters. The van der Waals surface area contributed by atoms with E-state index >= 15 is 0 Å². The Bertz CT molecular complexity index is 798. The number of rotatable bonds is 11. The predicted octanol–water partition coefficient (Wildman–Crippen LogP) is 6.02. The van der Waals surface area contributed by atoms with Crippen LogP contribution in [0.4, 0.5) is 0 Å². The molecule has 153 valence electrons. The molecule has 2 rings (SSSR count). The number of hydrogen-bond donors (Lipinski definition) is 0. The molecule has 2 aromatic carbocycles. The number of ether oxygens (including phenoxy) is 2. The molecule has 0 saturated heterocycles. The number of unbranched alkanes of at least 4 members (excludes halogenated alkanes) is 1. The third-order valence-electron chi connectivity index (χ3n) is 4.90. The molecule has 0 fully saturated rings. The van der Waals surface area contributed by atoms with Gasteiger partial charge >= 0.3 is 0 Å². The first-order valence-corrected chi connectivity index (χ1v) is 11.2. The summed E-state index contributed by atoms with van der Waals surface area (Å²) in [7, 11) is 1.53. The van der Waals surface area contributed by atoms with Gasteiger partial charge in [0.15, 0.2) is 5.52 Å². The molecule has 6 heteroatoms. The zero-order chi connectivity index (χ0) is 20.5. The summed E-state index contributed by atoms with van der Waals surface area (Å²) in [6.45, 7) is 7.19. The second-order valence-corrected chi connectivity index (χ2v) is 8.63. The molecule has 1 radical (unpaired) electrons. The Balaban J connectivity index is 0.00000420. The third kappa shape index (κ3) is 7.65. The van der Waals surface area contributed by atoms with Crippen LogP contribution in [0.2, 0.25) is 5.02 Å². The number of aryl methyl sites for hydroxylation is 1. The van der Waals surface area contributed by atoms with Crippen molar-refractivity contribution in [3.63, 3.8) is 0 Å². The maximum atomic E-state index is 12.8. The van der Waals surface area contributed by atoms with E-state index < -0.39 is 0 Å². The summed E-state index contributed by atoms with van der Waals surface area (Å²) in [6, 6.07) is 11.2. The zero-order valence-electron chi connectivity index (χ0n) is 18.2. The van der Waals surface area contributed by atoms with Crippen molar-refractivity contribution >= 4 is 49.9 Å². The van der Waals surface area contributed by atoms with E-state index in [0.29, 0.717) is 22.3 Å². The van der Waals surface area contributed by atoms with Gasteiger partial charge in [-0.2, -0.15) is 0 Å². The molecular weight excluding hydrogens is 398 g/mol. The molecule has 2 aromatic rings. The topological polar surface area (TPSA) is 35.5 Å². The Hall–Kier alpha value is -0.973. The van der Waals surface area contributed by atoms with E-state index in [2.05, 4.69) is 13.8 Å². The van der Waals surface area contributed by atoms with E-state index in [1.165, 1.54) is 19.3 Å². The largest absolute Gasteiger partial charge is 0.496 e. The summed E-state index contributed by atoms with van der Waals surface area (Å²) < 4.78 is 11.3. The summed E-state index contributed by atoms with van der Waals surface area (Å²) in [5.74, 6) is 1.97. The van der Waals surface area contributed by atoms with Crippen LogP contribution in [0.5, 0.6) is 11.5 Å². The van der Waals surface area contributed by atoms with Gasteiger partial charge in [0.05, 0.1) is 24.3 Å². The molecule has 0 aliphatic rings. The minimum Gasteiger partial charge on any atom is -0.496 e. The van der Waals surface area contributed by atoms with E-state index in [0.717, 1.165) is 29.6 Å². The van der Waals surface area contributed by atoms with Gasteiger partial charge in [-0.3, -0.25) is 4.79 Å². The van der Waals surface area contributed by atoms with Crippen molar-refractivity contribution in [2.45, 2.75) is 46.5 Å². The van der Waals surface area contributed by atoms with E-state index in [1.807, 2.05) is 25.1 Å². The third-order valence-corrected chi connectivity index (χ3v) is 6.52. The van der Waals surface area contributed by atoms with Gasteiger partial charge in [0.25, 0.3) is 0 Å². The normalized spacial score (nSPS) is 11.9. The first-order valence-electron chi connectivity index (χ1n) is 9.87. The van der Waals surface area contributed by atoms with Crippen LogP contribution >= 0.6 is 20.2 Å². The maximum absolute atomic E-state index is 12.8. The Morgan fingerprint density at radius 1 is 1.21 bits per heavy atom. The number of halogens is 1. The van der Waals surface area contributed by atoms with E-state index in [9.17, 15) is 4.79 Å². The molecule has 0 amide bonds. The van der Waals surface area contributed by atoms with Crippen LogP contribution in [0.15, 0.2) is 36.4 Å². The van der Waals surface area contributed by atoms with Crippen molar-refractivity contribution in [3.8, 4) is 11.5 Å². The Morgan fingerprint density at radius 3 is 2.59 bits per heavy atom. The van der Waals surface area contributed by atoms with Gasteiger partial charge in [0, 0.05) is 18.9 Å². The van der Waals surface area contributed by atoms with Crippen molar-refractivity contribution in [1.29, 1.82) is 0 Å². The minimum absolute atomic E-state index is 0. The smallest absolute Gasteiger partial charge is 0.190 e. The van der Waals surface area contributed by atoms with Crippen molar-refractivity contribution in [2.75, 3.05) is 13.7 Å². The van der Waals surface area contributed by atoms with E-state index in [-0.39, 0.29) is 33.0 Å². The van der Waals surface area contributed by atoms with Gasteiger partial charge in [-0.1, -0.05) is 56.8 Å². The molecule has 3 nitrogen and oxygen atoms in total. The number of benzene rings is 2. The molecule has 2 unspecified atom stereocenters. The Labute approximate surface area is 193 Å². The van der Waals surface area contributed by atoms with Crippen molar-refractivity contribution in [2.24, 2.45) is 5.92 Å². The fraction of sp³-hybridized carbons (Fsp3) is 0.435. The number of hydrogen-bond acceptors (Lipinski definition) is 3. The molecule has 0 aromatic heterocycles. The molecule has 29 heavy (non-hydrogen) atoms. The number of carbonyl (C=O) groups is 1. The van der Waals surface area contributed by atoms with E-state index in [1.54, 1.807) is 25.3 Å². The van der Waals surface area contributed by atoms with Gasteiger partial charge < -0.3 is 9.47 Å². The average Bonchev–Trinajstić information content (AvgIpc) is 2.69. The molecule has 0 N–H and O–H groups in total. The van der Waals surface area contributed by atoms with Gasteiger partial charge in [0.1, 0.15) is 11.5 Å². The van der Waals surface area contributed by atoms with Gasteiger partial charge in [-0.05, 0) is 63.0 Å². The Kier molecular flexibility index (Phi) is 12.0. The van der Waals surface area contributed by atoms with Crippen molar-refractivity contribution in [1.82, 2.24) is 0 Å². The van der Waals surface area contributed by atoms with Crippen LogP contribution in [0.25, 0.3) is 0 Å². The fourth-order valence-electron chi connectivity index (χ4n) is 3.06. The molecule has 0 bridgehead atoms. The summed E-state index contributed by atoms with van der Waals surface area (Å²) in [4.78, 5) is 12.8. The van der Waals surface area contributed by atoms with Crippen LogP contribution in [-0.4, -0.2) is 38.1 Å². The van der Waals surface area contributed by atoms with E-state index in [4.69, 9.17) is 21.1 Å². The standard InChI is InChI=1S/C23H30ClO3P.Li/c1-5-7-9-17(6-2)15-27-18-12-13-21(16(3)14-18)28-23(25)22-19(24)10-8-11-20(22)26-4;/h8,10-14,17,28H,5-7,9,15H2,1-4H3;. The average molecular weight is 428 g/mol. The van der Waals surface area contributed by atoms with Crippen LogP contribution in [-0.2, 0) is 0 Å². The first kappa shape index (κ1) is 26.1. The maximum Gasteiger partial charge on any atom is 0.190 e. The van der Waals surface area contributed by atoms with Gasteiger partial charge in [0.2, 0.25) is 0 Å². The number of methoxy groups -OCH3 is 1. The fourth-order valence-corrected chi connectivity index (χ4v) is 4.45. The quantitative estimate of drug-likeness (QED) is 0.325. The first-order chi connectivity index (χ1) is 13.5. The summed E-state index contributed by atoms with van der Waals surface area (Å²) >= 11 is 6.24. The number of carbonyl (C=O) groups excluding carboxylic acids is 1. The predicted molar refractivity (Wildman–Crippen MR) is 126 cm³/mol. The Morgan fingerprint density at radius 2 is 1.97 bits per heavy atom. The minimum atomic E-state index is -0.0233. The van der Waals surface area contributed by atoms with Crippen LogP contribution in [0.1, 0.15) is 55.5 Å². The molecule has 0 spiro atoms. The monoisotopic (exact) mass is 427 g/mol. The molecule has 0 aliphatic carbocycles. The summed E-state index contributed by atoms with van der Waals surface area (Å²) in [5.41, 5.74) is 1.48. The van der Waals surface area contributed by atoms with Crippen LogP contribution in [0.3, 0.4) is 0 Å². The summed E-state index contributed by atoms with van der Waals surface area (Å²) in [5, 5.41) is 1.42. The molecule has 0 aliphatic heterocycles. The summed E-state index contributed by atoms with van der Waals surface area (Å²) in [6.07, 6.45) is 4.80. The van der Waals surface area contributed by atoms with Crippen molar-refractivity contribution in [3.05, 3.63) is 52.5 Å². The van der Waals surface area contributed by atoms with Gasteiger partial charge in [-0.15, -0.1) is 0 Å². The SMILES string of the molecule is CCCCC(CC)COc1ccc(PC(=O)c2c(Cl)cccc2OC)c(C)c1.[Li]. The second kappa shape index (κ2) is 13.4. The molecular formula is C23H30ClLiO3P. The van der Waals surface area contributed by atoms with Crippen LogP contribution in [0, 0.1) is 12.8 Å². The van der Waals surface area contributed by atoms with Gasteiger partial charge in [-0.25, -0.2) is 0 Å².